The summed E-state index contributed by atoms with van der Waals surface area (Å²) in [5, 5.41) is 0. The van der Waals surface area contributed by atoms with Crippen molar-refractivity contribution >= 4 is 5.69 Å². The summed E-state index contributed by atoms with van der Waals surface area (Å²) in [6.07, 6.45) is 0. The highest BCUT2D eigenvalue weighted by Crippen LogP contribution is 2.22. The molecule has 0 unspecified atom stereocenters. The van der Waals surface area contributed by atoms with Gasteiger partial charge in [0.1, 0.15) is 0 Å². The summed E-state index contributed by atoms with van der Waals surface area (Å²) >= 11 is 0. The van der Waals surface area contributed by atoms with E-state index in [0.29, 0.717) is 12.1 Å². The Hall–Kier alpha value is -0.980. The van der Waals surface area contributed by atoms with Crippen LogP contribution in [-0.2, 0) is 0 Å². The fourth-order valence-corrected chi connectivity index (χ4v) is 2.08. The van der Waals surface area contributed by atoms with Gasteiger partial charge in [-0.05, 0) is 64.8 Å². The van der Waals surface area contributed by atoms with Gasteiger partial charge in [0, 0.05) is 17.8 Å². The van der Waals surface area contributed by atoms with Gasteiger partial charge in [0.05, 0.1) is 0 Å². The smallest absolute Gasteiger partial charge is 0.0373 e. The highest BCUT2D eigenvalue weighted by molar-refractivity contribution is 5.51. The Morgan fingerprint density at radius 2 is 1.40 bits per heavy atom. The lowest BCUT2D eigenvalue weighted by molar-refractivity contribution is 0.608. The fourth-order valence-electron chi connectivity index (χ4n) is 2.08. The molecule has 1 heteroatoms. The van der Waals surface area contributed by atoms with E-state index in [2.05, 4.69) is 64.6 Å². The lowest BCUT2D eigenvalue weighted by Crippen LogP contribution is -2.36. The second-order valence-corrected chi connectivity index (χ2v) is 4.86. The number of rotatable bonds is 3. The van der Waals surface area contributed by atoms with E-state index in [4.69, 9.17) is 0 Å². The van der Waals surface area contributed by atoms with Crippen molar-refractivity contribution < 1.29 is 0 Å². The minimum atomic E-state index is 0.548. The van der Waals surface area contributed by atoms with Crippen LogP contribution in [-0.4, -0.2) is 12.1 Å². The van der Waals surface area contributed by atoms with E-state index in [0.717, 1.165) is 0 Å². The van der Waals surface area contributed by atoms with Crippen LogP contribution in [0.1, 0.15) is 38.8 Å². The van der Waals surface area contributed by atoms with Gasteiger partial charge in [-0.3, -0.25) is 0 Å². The van der Waals surface area contributed by atoms with Crippen molar-refractivity contribution in [2.24, 2.45) is 0 Å². The van der Waals surface area contributed by atoms with Crippen LogP contribution in [0.25, 0.3) is 0 Å². The second-order valence-electron chi connectivity index (χ2n) is 4.86. The van der Waals surface area contributed by atoms with Crippen molar-refractivity contribution in [3.8, 4) is 0 Å². The maximum Gasteiger partial charge on any atom is 0.0373 e. The molecular formula is C14H23N. The van der Waals surface area contributed by atoms with Crippen LogP contribution in [0.3, 0.4) is 0 Å². The highest BCUT2D eigenvalue weighted by atomic mass is 15.2. The fraction of sp³-hybridized carbons (Fsp3) is 0.571. The van der Waals surface area contributed by atoms with E-state index < -0.39 is 0 Å². The largest absolute Gasteiger partial charge is 0.367 e. The van der Waals surface area contributed by atoms with Crippen molar-refractivity contribution in [3.63, 3.8) is 0 Å². The van der Waals surface area contributed by atoms with Crippen LogP contribution in [0.4, 0.5) is 5.69 Å². The zero-order chi connectivity index (χ0) is 11.6. The summed E-state index contributed by atoms with van der Waals surface area (Å²) in [4.78, 5) is 2.45. The molecule has 1 rings (SSSR count). The van der Waals surface area contributed by atoms with Crippen molar-refractivity contribution in [2.45, 2.75) is 53.6 Å². The van der Waals surface area contributed by atoms with Crippen molar-refractivity contribution in [2.75, 3.05) is 4.90 Å². The van der Waals surface area contributed by atoms with Gasteiger partial charge in [-0.2, -0.15) is 0 Å². The van der Waals surface area contributed by atoms with E-state index >= 15 is 0 Å². The first-order valence-corrected chi connectivity index (χ1v) is 5.79. The summed E-state index contributed by atoms with van der Waals surface area (Å²) < 4.78 is 0. The molecule has 0 N–H and O–H groups in total. The van der Waals surface area contributed by atoms with Gasteiger partial charge in [-0.25, -0.2) is 0 Å². The zero-order valence-electron chi connectivity index (χ0n) is 10.8. The molecule has 0 atom stereocenters. The number of benzene rings is 1. The van der Waals surface area contributed by atoms with E-state index in [-0.39, 0.29) is 0 Å². The summed E-state index contributed by atoms with van der Waals surface area (Å²) in [5.41, 5.74) is 4.08. The van der Waals surface area contributed by atoms with E-state index in [9.17, 15) is 0 Å². The summed E-state index contributed by atoms with van der Waals surface area (Å²) in [6.45, 7) is 13.3. The summed E-state index contributed by atoms with van der Waals surface area (Å²) in [6, 6.07) is 7.82. The molecule has 0 amide bonds. The molecule has 84 valence electrons. The molecule has 0 aliphatic heterocycles. The standard InChI is InChI=1S/C14H23N/c1-10(2)15(11(3)4)14-8-7-12(5)13(6)9-14/h7-11H,1-6H3. The average molecular weight is 205 g/mol. The number of nitrogens with zero attached hydrogens (tertiary/aromatic N) is 1. The molecule has 15 heavy (non-hydrogen) atoms. The topological polar surface area (TPSA) is 3.24 Å². The van der Waals surface area contributed by atoms with Crippen LogP contribution >= 0.6 is 0 Å². The maximum atomic E-state index is 2.45. The predicted octanol–water partition coefficient (Wildman–Crippen LogP) is 3.93. The Bertz CT molecular complexity index is 318. The van der Waals surface area contributed by atoms with E-state index in [1.54, 1.807) is 0 Å². The van der Waals surface area contributed by atoms with Crippen molar-refractivity contribution in [1.29, 1.82) is 0 Å². The zero-order valence-corrected chi connectivity index (χ0v) is 10.8. The molecule has 0 saturated heterocycles. The third-order valence-electron chi connectivity index (χ3n) is 2.90. The van der Waals surface area contributed by atoms with Crippen LogP contribution < -0.4 is 4.90 Å². The third kappa shape index (κ3) is 2.74. The van der Waals surface area contributed by atoms with Crippen LogP contribution in [0.5, 0.6) is 0 Å². The molecule has 1 aromatic carbocycles. The second kappa shape index (κ2) is 4.69. The lowest BCUT2D eigenvalue weighted by atomic mass is 10.1. The highest BCUT2D eigenvalue weighted by Gasteiger charge is 2.14. The molecule has 0 aliphatic rings. The molecule has 0 aromatic heterocycles. The lowest BCUT2D eigenvalue weighted by Gasteiger charge is -2.33. The average Bonchev–Trinajstić information content (AvgIpc) is 2.10. The minimum absolute atomic E-state index is 0.548. The number of hydrogen-bond donors (Lipinski definition) is 0. The Balaban J connectivity index is 3.07. The maximum absolute atomic E-state index is 2.45. The predicted molar refractivity (Wildman–Crippen MR) is 68.7 cm³/mol. The molecule has 0 fully saturated rings. The van der Waals surface area contributed by atoms with Gasteiger partial charge < -0.3 is 4.90 Å². The molecule has 1 nitrogen and oxygen atoms in total. The Morgan fingerprint density at radius 1 is 0.867 bits per heavy atom. The normalized spacial score (nSPS) is 11.2. The number of hydrogen-bond acceptors (Lipinski definition) is 1. The summed E-state index contributed by atoms with van der Waals surface area (Å²) in [7, 11) is 0. The Kier molecular flexibility index (Phi) is 3.78. The molecule has 0 bridgehead atoms. The molecule has 0 heterocycles. The van der Waals surface area contributed by atoms with E-state index in [1.165, 1.54) is 16.8 Å². The number of aryl methyl sites for hydroxylation is 2. The molecular weight excluding hydrogens is 182 g/mol. The van der Waals surface area contributed by atoms with Crippen LogP contribution in [0, 0.1) is 13.8 Å². The number of anilines is 1. The molecule has 1 aromatic rings. The third-order valence-corrected chi connectivity index (χ3v) is 2.90. The van der Waals surface area contributed by atoms with Gasteiger partial charge in [-0.15, -0.1) is 0 Å². The van der Waals surface area contributed by atoms with Crippen LogP contribution in [0.2, 0.25) is 0 Å². The first-order valence-electron chi connectivity index (χ1n) is 5.79. The first kappa shape index (κ1) is 12.1. The Labute approximate surface area is 94.1 Å². The van der Waals surface area contributed by atoms with Gasteiger partial charge in [0.2, 0.25) is 0 Å². The minimum Gasteiger partial charge on any atom is -0.367 e. The van der Waals surface area contributed by atoms with Gasteiger partial charge in [0.15, 0.2) is 0 Å². The molecule has 0 aliphatic carbocycles. The van der Waals surface area contributed by atoms with Crippen molar-refractivity contribution in [3.05, 3.63) is 29.3 Å². The summed E-state index contributed by atoms with van der Waals surface area (Å²) in [5.74, 6) is 0. The molecule has 0 spiro atoms. The Morgan fingerprint density at radius 3 is 1.80 bits per heavy atom. The molecule has 0 saturated carbocycles. The van der Waals surface area contributed by atoms with Gasteiger partial charge in [-0.1, -0.05) is 6.07 Å². The quantitative estimate of drug-likeness (QED) is 0.722. The van der Waals surface area contributed by atoms with Crippen LogP contribution in [0.15, 0.2) is 18.2 Å². The SMILES string of the molecule is Cc1ccc(N(C(C)C)C(C)C)cc1C. The first-order chi connectivity index (χ1) is 6.93. The van der Waals surface area contributed by atoms with Crippen molar-refractivity contribution in [1.82, 2.24) is 0 Å². The van der Waals surface area contributed by atoms with E-state index in [1.807, 2.05) is 0 Å². The van der Waals surface area contributed by atoms with Gasteiger partial charge >= 0.3 is 0 Å². The monoisotopic (exact) mass is 205 g/mol. The van der Waals surface area contributed by atoms with Gasteiger partial charge in [0.25, 0.3) is 0 Å². The molecule has 0 radical (unpaired) electrons.